The van der Waals surface area contributed by atoms with Crippen LogP contribution in [0.15, 0.2) is 0 Å². The molecule has 2 N–H and O–H groups in total. The van der Waals surface area contributed by atoms with Crippen LogP contribution in [0.2, 0.25) is 0 Å². The quantitative estimate of drug-likeness (QED) is 0.688. The summed E-state index contributed by atoms with van der Waals surface area (Å²) in [5.74, 6) is 0.141. The molecule has 1 aliphatic rings. The molecule has 1 saturated carbocycles. The Hall–Kier alpha value is -0.570. The molecule has 0 bridgehead atoms. The number of hydrogen-bond acceptors (Lipinski definition) is 2. The number of carbonyl (C=O) groups is 1. The molecule has 1 unspecified atom stereocenters. The van der Waals surface area contributed by atoms with Gasteiger partial charge in [0, 0.05) is 12.5 Å². The van der Waals surface area contributed by atoms with Crippen molar-refractivity contribution in [3.05, 3.63) is 0 Å². The number of carboxylic acid groups (broad SMARTS) is 1. The van der Waals surface area contributed by atoms with Gasteiger partial charge >= 0.3 is 5.97 Å². The third-order valence-electron chi connectivity index (χ3n) is 3.02. The monoisotopic (exact) mass is 199 g/mol. The maximum absolute atomic E-state index is 10.3. The summed E-state index contributed by atoms with van der Waals surface area (Å²) in [6.07, 6.45) is 6.45. The molecule has 0 saturated heterocycles. The number of carboxylic acids is 1. The summed E-state index contributed by atoms with van der Waals surface area (Å²) in [5.41, 5.74) is 0. The molecule has 0 heterocycles. The van der Waals surface area contributed by atoms with Gasteiger partial charge in [-0.3, -0.25) is 4.79 Å². The molecule has 3 heteroatoms. The first-order valence-electron chi connectivity index (χ1n) is 5.63. The highest BCUT2D eigenvalue weighted by Gasteiger charge is 2.15. The zero-order valence-corrected chi connectivity index (χ0v) is 8.96. The number of rotatable bonds is 6. The zero-order chi connectivity index (χ0) is 10.4. The first kappa shape index (κ1) is 11.5. The maximum atomic E-state index is 10.3. The average molecular weight is 199 g/mol. The Morgan fingerprint density at radius 2 is 2.14 bits per heavy atom. The predicted octanol–water partition coefficient (Wildman–Crippen LogP) is 2.02. The van der Waals surface area contributed by atoms with E-state index in [2.05, 4.69) is 12.2 Å². The van der Waals surface area contributed by atoms with Crippen LogP contribution in [0.3, 0.4) is 0 Å². The van der Waals surface area contributed by atoms with Crippen molar-refractivity contribution >= 4 is 5.97 Å². The molecule has 0 spiro atoms. The van der Waals surface area contributed by atoms with Crippen LogP contribution in [0.5, 0.6) is 0 Å². The van der Waals surface area contributed by atoms with Crippen molar-refractivity contribution in [1.29, 1.82) is 0 Å². The minimum absolute atomic E-state index is 0.277. The van der Waals surface area contributed by atoms with Crippen molar-refractivity contribution < 1.29 is 9.90 Å². The fourth-order valence-electron chi connectivity index (χ4n) is 2.02. The number of nitrogens with one attached hydrogen (secondary N) is 1. The summed E-state index contributed by atoms with van der Waals surface area (Å²) in [4.78, 5) is 10.3. The third-order valence-corrected chi connectivity index (χ3v) is 3.02. The Morgan fingerprint density at radius 3 is 2.71 bits per heavy atom. The molecule has 0 aliphatic heterocycles. The van der Waals surface area contributed by atoms with Gasteiger partial charge in [0.1, 0.15) is 0 Å². The van der Waals surface area contributed by atoms with Gasteiger partial charge < -0.3 is 10.4 Å². The minimum Gasteiger partial charge on any atom is -0.481 e. The van der Waals surface area contributed by atoms with Gasteiger partial charge in [0.25, 0.3) is 0 Å². The molecule has 0 amide bonds. The van der Waals surface area contributed by atoms with E-state index >= 15 is 0 Å². The Morgan fingerprint density at radius 1 is 1.50 bits per heavy atom. The molecule has 0 aromatic heterocycles. The van der Waals surface area contributed by atoms with E-state index in [0.29, 0.717) is 6.04 Å². The van der Waals surface area contributed by atoms with Crippen molar-refractivity contribution in [2.75, 3.05) is 6.54 Å². The standard InChI is InChI=1S/C11H21NO2/c1-9(6-7-11(13)14)12-8-10-4-2-3-5-10/h9-10,12H,2-8H2,1H3,(H,13,14). The van der Waals surface area contributed by atoms with E-state index < -0.39 is 5.97 Å². The normalized spacial score (nSPS) is 19.8. The van der Waals surface area contributed by atoms with Crippen molar-refractivity contribution in [3.63, 3.8) is 0 Å². The average Bonchev–Trinajstić information content (AvgIpc) is 2.63. The largest absolute Gasteiger partial charge is 0.481 e. The van der Waals surface area contributed by atoms with E-state index in [1.807, 2.05) is 0 Å². The van der Waals surface area contributed by atoms with Gasteiger partial charge in [-0.1, -0.05) is 12.8 Å². The summed E-state index contributed by atoms with van der Waals surface area (Å²) < 4.78 is 0. The molecule has 14 heavy (non-hydrogen) atoms. The van der Waals surface area contributed by atoms with Crippen LogP contribution in [0.1, 0.15) is 45.4 Å². The highest BCUT2D eigenvalue weighted by atomic mass is 16.4. The second-order valence-corrected chi connectivity index (χ2v) is 4.39. The van der Waals surface area contributed by atoms with Gasteiger partial charge in [-0.05, 0) is 38.6 Å². The van der Waals surface area contributed by atoms with Gasteiger partial charge in [0.05, 0.1) is 0 Å². The lowest BCUT2D eigenvalue weighted by Gasteiger charge is -2.16. The lowest BCUT2D eigenvalue weighted by molar-refractivity contribution is -0.137. The minimum atomic E-state index is -0.695. The van der Waals surface area contributed by atoms with E-state index in [0.717, 1.165) is 18.9 Å². The predicted molar refractivity (Wildman–Crippen MR) is 56.3 cm³/mol. The van der Waals surface area contributed by atoms with Gasteiger partial charge in [0.15, 0.2) is 0 Å². The molecular formula is C11H21NO2. The Bertz CT molecular complexity index is 176. The van der Waals surface area contributed by atoms with E-state index in [9.17, 15) is 4.79 Å². The molecular weight excluding hydrogens is 178 g/mol. The van der Waals surface area contributed by atoms with Crippen molar-refractivity contribution in [2.24, 2.45) is 5.92 Å². The van der Waals surface area contributed by atoms with Crippen LogP contribution < -0.4 is 5.32 Å². The smallest absolute Gasteiger partial charge is 0.303 e. The first-order valence-corrected chi connectivity index (χ1v) is 5.63. The molecule has 1 rings (SSSR count). The fraction of sp³-hybridized carbons (Fsp3) is 0.909. The molecule has 0 aromatic carbocycles. The van der Waals surface area contributed by atoms with Gasteiger partial charge in [-0.25, -0.2) is 0 Å². The number of aliphatic carboxylic acids is 1. The second-order valence-electron chi connectivity index (χ2n) is 4.39. The lowest BCUT2D eigenvalue weighted by Crippen LogP contribution is -2.30. The summed E-state index contributed by atoms with van der Waals surface area (Å²) in [6, 6.07) is 0.340. The topological polar surface area (TPSA) is 49.3 Å². The van der Waals surface area contributed by atoms with E-state index in [4.69, 9.17) is 5.11 Å². The number of hydrogen-bond donors (Lipinski definition) is 2. The van der Waals surface area contributed by atoms with Crippen LogP contribution in [-0.2, 0) is 4.79 Å². The molecule has 0 radical (unpaired) electrons. The first-order chi connectivity index (χ1) is 6.68. The lowest BCUT2D eigenvalue weighted by atomic mass is 10.1. The Kier molecular flexibility index (Phi) is 4.94. The molecule has 1 aliphatic carbocycles. The van der Waals surface area contributed by atoms with E-state index in [-0.39, 0.29) is 6.42 Å². The molecule has 1 atom stereocenters. The van der Waals surface area contributed by atoms with Gasteiger partial charge in [0.2, 0.25) is 0 Å². The molecule has 1 fully saturated rings. The summed E-state index contributed by atoms with van der Waals surface area (Å²) in [5, 5.41) is 11.9. The third kappa shape index (κ3) is 4.61. The summed E-state index contributed by atoms with van der Waals surface area (Å²) >= 11 is 0. The Balaban J connectivity index is 2.02. The van der Waals surface area contributed by atoms with Crippen LogP contribution in [0.25, 0.3) is 0 Å². The van der Waals surface area contributed by atoms with Crippen molar-refractivity contribution in [2.45, 2.75) is 51.5 Å². The summed E-state index contributed by atoms with van der Waals surface area (Å²) in [7, 11) is 0. The van der Waals surface area contributed by atoms with Crippen molar-refractivity contribution in [1.82, 2.24) is 5.32 Å². The maximum Gasteiger partial charge on any atom is 0.303 e. The fourth-order valence-corrected chi connectivity index (χ4v) is 2.02. The van der Waals surface area contributed by atoms with E-state index in [1.165, 1.54) is 25.7 Å². The molecule has 0 aromatic rings. The van der Waals surface area contributed by atoms with Crippen LogP contribution >= 0.6 is 0 Å². The highest BCUT2D eigenvalue weighted by Crippen LogP contribution is 2.23. The van der Waals surface area contributed by atoms with Crippen LogP contribution in [0, 0.1) is 5.92 Å². The van der Waals surface area contributed by atoms with E-state index in [1.54, 1.807) is 0 Å². The van der Waals surface area contributed by atoms with Crippen molar-refractivity contribution in [3.8, 4) is 0 Å². The van der Waals surface area contributed by atoms with Crippen LogP contribution in [0.4, 0.5) is 0 Å². The molecule has 82 valence electrons. The molecule has 3 nitrogen and oxygen atoms in total. The van der Waals surface area contributed by atoms with Gasteiger partial charge in [-0.15, -0.1) is 0 Å². The Labute approximate surface area is 85.9 Å². The van der Waals surface area contributed by atoms with Gasteiger partial charge in [-0.2, -0.15) is 0 Å². The second kappa shape index (κ2) is 6.02. The SMILES string of the molecule is CC(CCC(=O)O)NCC1CCCC1. The highest BCUT2D eigenvalue weighted by molar-refractivity contribution is 5.66. The zero-order valence-electron chi connectivity index (χ0n) is 8.96. The van der Waals surface area contributed by atoms with Crippen LogP contribution in [-0.4, -0.2) is 23.7 Å². The summed E-state index contributed by atoms with van der Waals surface area (Å²) in [6.45, 7) is 3.14.